The number of aliphatic carboxylic acids is 2. The number of aliphatic hydroxyl groups is 2. The van der Waals surface area contributed by atoms with E-state index in [1.54, 1.807) is 26.0 Å². The molecule has 226 valence electrons. The van der Waals surface area contributed by atoms with Gasteiger partial charge in [-0.1, -0.05) is 23.8 Å². The molecular formula is C28H36FK2N3O9. The van der Waals surface area contributed by atoms with Crippen molar-refractivity contribution < 1.29 is 154 Å². The van der Waals surface area contributed by atoms with Gasteiger partial charge in [-0.15, -0.1) is 0 Å². The Balaban J connectivity index is -0.000000168. The number of hydrogen-bond donors (Lipinski definition) is 5. The van der Waals surface area contributed by atoms with Crippen LogP contribution in [0.25, 0.3) is 9.69 Å². The minimum atomic E-state index is -1.18. The zero-order chi connectivity index (χ0) is 32.4. The van der Waals surface area contributed by atoms with Gasteiger partial charge in [0.1, 0.15) is 11.9 Å². The first kappa shape index (κ1) is 48.8. The Labute approximate surface area is 337 Å². The van der Waals surface area contributed by atoms with Crippen LogP contribution in [-0.2, 0) is 25.7 Å². The molecule has 0 bridgehead atoms. The van der Waals surface area contributed by atoms with Gasteiger partial charge in [0.25, 0.3) is 6.47 Å². The van der Waals surface area contributed by atoms with Gasteiger partial charge in [-0.2, -0.15) is 0 Å². The molecule has 0 radical (unpaired) electrons. The maximum absolute atomic E-state index is 12.8. The number of carbonyl (C=O) groups excluding carboxylic acids is 1. The maximum atomic E-state index is 12.8. The van der Waals surface area contributed by atoms with Crippen molar-refractivity contribution in [2.45, 2.75) is 66.2 Å². The molecule has 2 rings (SSSR count). The van der Waals surface area contributed by atoms with Crippen molar-refractivity contribution in [1.29, 1.82) is 0 Å². The van der Waals surface area contributed by atoms with Crippen LogP contribution in [0.2, 0.25) is 0 Å². The molecule has 0 heterocycles. The first-order valence-corrected chi connectivity index (χ1v) is 11.9. The van der Waals surface area contributed by atoms with Crippen molar-refractivity contribution in [3.05, 3.63) is 80.7 Å². The van der Waals surface area contributed by atoms with Crippen LogP contribution >= 0.6 is 0 Å². The summed E-state index contributed by atoms with van der Waals surface area (Å²) in [5, 5.41) is 43.5. The molecule has 15 heteroatoms. The van der Waals surface area contributed by atoms with E-state index in [1.165, 1.54) is 26.0 Å². The number of nitrogens with zero attached hydrogens (tertiary/aromatic N) is 2. The van der Waals surface area contributed by atoms with Gasteiger partial charge in [-0.3, -0.25) is 14.4 Å². The molecular weight excluding hydrogens is 620 g/mol. The van der Waals surface area contributed by atoms with Gasteiger partial charge in [-0.25, -0.2) is 14.1 Å². The summed E-state index contributed by atoms with van der Waals surface area (Å²) in [4.78, 5) is 38.8. The molecule has 2 aromatic rings. The van der Waals surface area contributed by atoms with E-state index in [4.69, 9.17) is 44.2 Å². The number of aliphatic hydroxyl groups excluding tert-OH is 2. The molecule has 0 saturated carbocycles. The predicted octanol–water partition coefficient (Wildman–Crippen LogP) is -3.19. The fourth-order valence-electron chi connectivity index (χ4n) is 3.01. The predicted molar refractivity (Wildman–Crippen MR) is 146 cm³/mol. The second-order valence-electron chi connectivity index (χ2n) is 8.72. The minimum Gasteiger partial charge on any atom is -1.00 e. The molecule has 0 aliphatic rings. The summed E-state index contributed by atoms with van der Waals surface area (Å²) in [6.07, 6.45) is -1.60. The van der Waals surface area contributed by atoms with Crippen molar-refractivity contribution in [3.63, 3.8) is 0 Å². The Bertz CT molecular complexity index is 1270. The molecule has 0 saturated heterocycles. The van der Waals surface area contributed by atoms with Crippen molar-refractivity contribution in [3.8, 4) is 0 Å². The molecule has 0 spiro atoms. The molecule has 6 N–H and O–H groups in total. The Kier molecular flexibility index (Phi) is 29.6. The second kappa shape index (κ2) is 26.1. The zero-order valence-electron chi connectivity index (χ0n) is 26.6. The summed E-state index contributed by atoms with van der Waals surface area (Å²) in [6, 6.07) is 5.15. The molecule has 0 fully saturated rings. The Morgan fingerprint density at radius 2 is 1.35 bits per heavy atom. The summed E-state index contributed by atoms with van der Waals surface area (Å²) in [5.41, 5.74) is 10.00. The average molecular weight is 656 g/mol. The summed E-state index contributed by atoms with van der Waals surface area (Å²) < 4.78 is 12.8. The van der Waals surface area contributed by atoms with Gasteiger partial charge in [0, 0.05) is 0 Å². The van der Waals surface area contributed by atoms with Crippen molar-refractivity contribution >= 4 is 29.8 Å². The van der Waals surface area contributed by atoms with Crippen LogP contribution in [0.5, 0.6) is 0 Å². The molecule has 12 nitrogen and oxygen atoms in total. The van der Waals surface area contributed by atoms with Crippen LogP contribution in [0.1, 0.15) is 43.1 Å². The number of carbonyl (C=O) groups is 3. The third-order valence-electron chi connectivity index (χ3n) is 5.99. The third kappa shape index (κ3) is 18.4. The SMILES string of the molecule is C[C@H](O)[C@@H](N)C(=O)O.O=CO[O-].[C-]#[N+]c1ccc(C[C@@H](C(=O)O)[C@H](C)O)c(C)c1C.[C-]#[N+]c1ccc(F)c(C)c1C.[H-].[K+].[K+]. The van der Waals surface area contributed by atoms with Crippen LogP contribution in [0, 0.1) is 52.6 Å². The standard InChI is InChI=1S/C14H17NO3.C9H8FN.C4H9NO3.CH2O3.2K.H/c1-8-9(2)13(15-4)6-5-11(8)7-12(10(3)16)14(17)18;1-6-7(2)9(11-3)5-4-8(6)10;1-2(6)3(5)4(7)8;2-1-4-3;;;/h5-6,10,12,16H,7H2,1-3H3,(H,17,18);4-5H,1-2H3;2-3,6H,5H2,1H3,(H,7,8);1,3H;;;/q;;;;2*+1;-1/p-1/t10-,12+;;2-,3+;;;;/m0.0..../s1. The first-order valence-electron chi connectivity index (χ1n) is 11.9. The van der Waals surface area contributed by atoms with E-state index in [-0.39, 0.29) is 123 Å². The van der Waals surface area contributed by atoms with E-state index in [0.29, 0.717) is 16.9 Å². The van der Waals surface area contributed by atoms with Gasteiger partial charge < -0.3 is 37.7 Å². The largest absolute Gasteiger partial charge is 1.00 e. The number of rotatable bonds is 7. The van der Waals surface area contributed by atoms with E-state index in [1.807, 2.05) is 13.8 Å². The smallest absolute Gasteiger partial charge is 1.00 e. The summed E-state index contributed by atoms with van der Waals surface area (Å²) in [7, 11) is 0. The zero-order valence-corrected chi connectivity index (χ0v) is 31.8. The fourth-order valence-corrected chi connectivity index (χ4v) is 3.01. The van der Waals surface area contributed by atoms with Gasteiger partial charge >= 0.3 is 115 Å². The summed E-state index contributed by atoms with van der Waals surface area (Å²) in [6.45, 7) is 23.6. The number of halogens is 1. The van der Waals surface area contributed by atoms with E-state index < -0.39 is 36.1 Å². The van der Waals surface area contributed by atoms with Crippen LogP contribution < -0.4 is 114 Å². The fraction of sp³-hybridized carbons (Fsp3) is 0.393. The van der Waals surface area contributed by atoms with Crippen LogP contribution in [0.15, 0.2) is 24.3 Å². The third-order valence-corrected chi connectivity index (χ3v) is 5.99. The van der Waals surface area contributed by atoms with Crippen LogP contribution in [0.3, 0.4) is 0 Å². The second-order valence-corrected chi connectivity index (χ2v) is 8.72. The Hall–Kier alpha value is -1.13. The quantitative estimate of drug-likeness (QED) is 0.0666. The molecule has 0 aromatic heterocycles. The molecule has 0 aliphatic heterocycles. The summed E-state index contributed by atoms with van der Waals surface area (Å²) >= 11 is 0. The van der Waals surface area contributed by atoms with Crippen molar-refractivity contribution in [2.24, 2.45) is 11.7 Å². The number of carboxylic acids is 2. The van der Waals surface area contributed by atoms with Crippen molar-refractivity contribution in [1.82, 2.24) is 0 Å². The van der Waals surface area contributed by atoms with E-state index in [9.17, 15) is 19.1 Å². The topological polar surface area (TPSA) is 199 Å². The Morgan fingerprint density at radius 1 is 0.930 bits per heavy atom. The molecule has 43 heavy (non-hydrogen) atoms. The van der Waals surface area contributed by atoms with Gasteiger partial charge in [0.05, 0.1) is 31.3 Å². The monoisotopic (exact) mass is 655 g/mol. The number of carboxylic acid groups (broad SMARTS) is 2. The van der Waals surface area contributed by atoms with E-state index in [2.05, 4.69) is 14.6 Å². The van der Waals surface area contributed by atoms with Gasteiger partial charge in [0.2, 0.25) is 0 Å². The van der Waals surface area contributed by atoms with Crippen LogP contribution in [0.4, 0.5) is 15.8 Å². The maximum Gasteiger partial charge on any atom is 1.00 e. The van der Waals surface area contributed by atoms with Crippen LogP contribution in [-0.4, -0.2) is 57.1 Å². The first-order chi connectivity index (χ1) is 19.0. The number of nitrogens with two attached hydrogens (primary N) is 1. The molecule has 0 amide bonds. The molecule has 0 unspecified atom stereocenters. The van der Waals surface area contributed by atoms with Gasteiger partial charge in [-0.05, 0) is 76.3 Å². The number of benzene rings is 2. The molecule has 0 aliphatic carbocycles. The minimum absolute atomic E-state index is 0. The Morgan fingerprint density at radius 3 is 1.65 bits per heavy atom. The number of hydrogen-bond acceptors (Lipinski definition) is 8. The average Bonchev–Trinajstić information content (AvgIpc) is 2.92. The molecule has 2 aromatic carbocycles. The van der Waals surface area contributed by atoms with E-state index >= 15 is 0 Å². The summed E-state index contributed by atoms with van der Waals surface area (Å²) in [5.74, 6) is -3.24. The van der Waals surface area contributed by atoms with E-state index in [0.717, 1.165) is 22.3 Å². The molecule has 4 atom stereocenters. The van der Waals surface area contributed by atoms with Crippen molar-refractivity contribution in [2.75, 3.05) is 0 Å². The normalized spacial score (nSPS) is 11.8. The van der Waals surface area contributed by atoms with Gasteiger partial charge in [0.15, 0.2) is 11.4 Å².